The fourth-order valence-corrected chi connectivity index (χ4v) is 9.95. The van der Waals surface area contributed by atoms with Crippen molar-refractivity contribution >= 4 is 17.2 Å². The van der Waals surface area contributed by atoms with E-state index in [2.05, 4.69) is 85.7 Å². The first-order valence-electron chi connectivity index (χ1n) is 26.1. The second kappa shape index (κ2) is 35.8. The Morgan fingerprint density at radius 1 is 0.406 bits per heavy atom. The first kappa shape index (κ1) is 60.7. The molecule has 372 valence electrons. The number of phenolic OH excluding ortho intramolecular Hbond substituents is 2. The Morgan fingerprint density at radius 2 is 0.672 bits per heavy atom. The number of aromatic hydroxyl groups is 2. The predicted octanol–water partition coefficient (Wildman–Crippen LogP) is 17.0. The zero-order chi connectivity index (χ0) is 47.9. The van der Waals surface area contributed by atoms with Gasteiger partial charge in [-0.15, -0.1) is 0 Å². The summed E-state index contributed by atoms with van der Waals surface area (Å²) in [5.74, 6) is 4.15. The first-order valence-corrected chi connectivity index (χ1v) is 28.4. The Hall–Kier alpha value is -1.30. The molecule has 0 radical (unpaired) electrons. The van der Waals surface area contributed by atoms with Gasteiger partial charge >= 0.3 is 17.2 Å². The quantitative estimate of drug-likeness (QED) is 0.0296. The van der Waals surface area contributed by atoms with Gasteiger partial charge in [-0.25, -0.2) is 4.31 Å². The van der Waals surface area contributed by atoms with Gasteiger partial charge in [-0.2, -0.15) is 0 Å². The smallest absolute Gasteiger partial charge is 0.334 e. The van der Waals surface area contributed by atoms with Crippen LogP contribution in [0, 0.1) is 23.7 Å². The van der Waals surface area contributed by atoms with E-state index >= 15 is 0 Å². The van der Waals surface area contributed by atoms with Gasteiger partial charge in [0.15, 0.2) is 0 Å². The highest BCUT2D eigenvalue weighted by Gasteiger charge is 2.33. The van der Waals surface area contributed by atoms with E-state index in [1.165, 1.54) is 175 Å². The van der Waals surface area contributed by atoms with Gasteiger partial charge in [-0.05, 0) is 121 Å². The summed E-state index contributed by atoms with van der Waals surface area (Å²) in [4.78, 5) is 31.3. The Balaban J connectivity index is 0.00000269. The maximum absolute atomic E-state index is 12.7. The summed E-state index contributed by atoms with van der Waals surface area (Å²) in [6.07, 6.45) is 35.0. The van der Waals surface area contributed by atoms with Crippen molar-refractivity contribution in [2.75, 3.05) is 0 Å². The molecule has 0 unspecified atom stereocenters. The molecule has 9 heteroatoms. The number of hydrogen-bond acceptors (Lipinski definition) is 7. The summed E-state index contributed by atoms with van der Waals surface area (Å²) >= 11 is 0. The second-order valence-electron chi connectivity index (χ2n) is 21.2. The average Bonchev–Trinajstić information content (AvgIpc) is 3.20. The van der Waals surface area contributed by atoms with Crippen molar-refractivity contribution < 1.29 is 34.1 Å². The predicted molar refractivity (Wildman–Crippen MR) is 277 cm³/mol. The molecular weight excluding hydrogens is 835 g/mol. The summed E-state index contributed by atoms with van der Waals surface area (Å²) in [7, 11) is -5.22. The lowest BCUT2D eigenvalue weighted by atomic mass is 9.69. The number of rotatable bonds is 36. The van der Waals surface area contributed by atoms with Crippen LogP contribution in [0.1, 0.15) is 257 Å². The van der Waals surface area contributed by atoms with Crippen molar-refractivity contribution in [1.82, 2.24) is 0 Å². The number of phenols is 2. The molecule has 2 aromatic rings. The molecule has 2 rings (SSSR count). The van der Waals surface area contributed by atoms with Crippen molar-refractivity contribution in [2.45, 2.75) is 254 Å². The third kappa shape index (κ3) is 27.5. The van der Waals surface area contributed by atoms with Crippen LogP contribution in [0.3, 0.4) is 0 Å². The van der Waals surface area contributed by atoms with E-state index in [4.69, 9.17) is 19.6 Å². The normalized spacial score (nSPS) is 12.2. The highest BCUT2D eigenvalue weighted by atomic mass is 31.2. The minimum atomic E-state index is -2.61. The van der Waals surface area contributed by atoms with Crippen LogP contribution in [-0.4, -0.2) is 29.8 Å². The highest BCUT2D eigenvalue weighted by molar-refractivity contribution is 7.53. The summed E-state index contributed by atoms with van der Waals surface area (Å²) in [5, 5.41) is 23.0. The monoisotopic (exact) mass is 935 g/mol. The topological polar surface area (TPSA) is 131 Å². The molecule has 2 aromatic carbocycles. The molecule has 0 aliphatic carbocycles. The summed E-state index contributed by atoms with van der Waals surface area (Å²) in [6, 6.07) is 8.08. The van der Waals surface area contributed by atoms with Gasteiger partial charge in [0.1, 0.15) is 11.5 Å². The SMILES string of the molecule is CC(C)CCCCCCCc1c(O)c(CCCCCCCC(C)C)c(CCCCCCCC(C)C)c(C(C)(C)c2ccc(O)cc2)c1CCCCCCCC(C)C.OP(O)OP(O)O. The van der Waals surface area contributed by atoms with E-state index < -0.39 is 17.2 Å². The van der Waals surface area contributed by atoms with E-state index in [-0.39, 0.29) is 5.41 Å². The summed E-state index contributed by atoms with van der Waals surface area (Å²) < 4.78 is 3.60. The Kier molecular flexibility index (Phi) is 34.0. The highest BCUT2D eigenvalue weighted by Crippen LogP contribution is 2.46. The van der Waals surface area contributed by atoms with E-state index in [1.807, 2.05) is 12.1 Å². The van der Waals surface area contributed by atoms with E-state index in [0.717, 1.165) is 62.2 Å². The lowest BCUT2D eigenvalue weighted by Crippen LogP contribution is -2.26. The molecule has 0 atom stereocenters. The molecule has 7 nitrogen and oxygen atoms in total. The van der Waals surface area contributed by atoms with Crippen molar-refractivity contribution in [3.05, 3.63) is 57.6 Å². The molecule has 0 heterocycles. The van der Waals surface area contributed by atoms with Gasteiger partial charge in [0, 0.05) is 5.41 Å². The summed E-state index contributed by atoms with van der Waals surface area (Å²) in [6.45, 7) is 23.6. The molecular formula is C55H100O7P2. The third-order valence-corrected chi connectivity index (χ3v) is 14.3. The number of hydrogen-bond donors (Lipinski definition) is 6. The fraction of sp³-hybridized carbons (Fsp3) is 0.782. The molecule has 6 N–H and O–H groups in total. The van der Waals surface area contributed by atoms with Gasteiger partial charge in [-0.3, -0.25) is 0 Å². The van der Waals surface area contributed by atoms with Crippen LogP contribution >= 0.6 is 17.2 Å². The molecule has 64 heavy (non-hydrogen) atoms. The molecule has 0 aromatic heterocycles. The van der Waals surface area contributed by atoms with E-state index in [9.17, 15) is 10.2 Å². The van der Waals surface area contributed by atoms with Gasteiger partial charge < -0.3 is 29.8 Å². The lowest BCUT2D eigenvalue weighted by Gasteiger charge is -2.35. The van der Waals surface area contributed by atoms with E-state index in [1.54, 1.807) is 0 Å². The maximum Gasteiger partial charge on any atom is 0.334 e. The zero-order valence-corrected chi connectivity index (χ0v) is 44.7. The van der Waals surface area contributed by atoms with Crippen LogP contribution in [0.25, 0.3) is 0 Å². The fourth-order valence-electron chi connectivity index (χ4n) is 9.42. The van der Waals surface area contributed by atoms with Gasteiger partial charge in [-0.1, -0.05) is 210 Å². The van der Waals surface area contributed by atoms with Crippen molar-refractivity contribution in [2.24, 2.45) is 23.7 Å². The first-order chi connectivity index (χ1) is 30.4. The van der Waals surface area contributed by atoms with Gasteiger partial charge in [0.05, 0.1) is 0 Å². The molecule has 0 saturated carbocycles. The lowest BCUT2D eigenvalue weighted by molar-refractivity contribution is 0.324. The average molecular weight is 935 g/mol. The maximum atomic E-state index is 12.7. The molecule has 0 aliphatic rings. The Morgan fingerprint density at radius 3 is 0.938 bits per heavy atom. The van der Waals surface area contributed by atoms with Crippen LogP contribution in [0.5, 0.6) is 11.5 Å². The third-order valence-electron chi connectivity index (χ3n) is 13.1. The van der Waals surface area contributed by atoms with Crippen molar-refractivity contribution in [3.8, 4) is 11.5 Å². The summed E-state index contributed by atoms with van der Waals surface area (Å²) in [5.41, 5.74) is 8.05. The van der Waals surface area contributed by atoms with Crippen molar-refractivity contribution in [3.63, 3.8) is 0 Å². The standard InChI is InChI=1S/C55H96O2.H4O5P2/c1-43(2)31-23-15-11-19-27-35-49-51(37-29-21-13-17-25-33-45(5)6)54(57)52(38-30-22-14-18-26-34-46(7)8)50(36-28-20-12-16-24-32-44(3)4)53(49)55(9,10)47-39-41-48(56)42-40-47;1-6(2)5-7(3)4/h39-46,56-57H,11-38H2,1-10H3;1-4H. The molecule has 0 aliphatic heterocycles. The van der Waals surface area contributed by atoms with Crippen molar-refractivity contribution in [1.29, 1.82) is 0 Å². The second-order valence-corrected chi connectivity index (χ2v) is 22.9. The van der Waals surface area contributed by atoms with E-state index in [0.29, 0.717) is 11.5 Å². The molecule has 0 spiro atoms. The zero-order valence-electron chi connectivity index (χ0n) is 42.9. The minimum Gasteiger partial charge on any atom is -0.508 e. The Labute approximate surface area is 397 Å². The molecule has 0 fully saturated rings. The minimum absolute atomic E-state index is 0.238. The molecule has 0 amide bonds. The Bertz CT molecular complexity index is 1360. The van der Waals surface area contributed by atoms with Crippen LogP contribution < -0.4 is 0 Å². The van der Waals surface area contributed by atoms with Gasteiger partial charge in [0.25, 0.3) is 0 Å². The number of unbranched alkanes of at least 4 members (excludes halogenated alkanes) is 16. The van der Waals surface area contributed by atoms with Gasteiger partial charge in [0.2, 0.25) is 0 Å². The van der Waals surface area contributed by atoms with Crippen LogP contribution in [0.2, 0.25) is 0 Å². The van der Waals surface area contributed by atoms with Crippen LogP contribution in [0.4, 0.5) is 0 Å². The number of benzene rings is 2. The molecule has 0 bridgehead atoms. The largest absolute Gasteiger partial charge is 0.508 e. The van der Waals surface area contributed by atoms with Crippen LogP contribution in [0.15, 0.2) is 24.3 Å². The molecule has 0 saturated heterocycles. The van der Waals surface area contributed by atoms with Crippen LogP contribution in [-0.2, 0) is 35.4 Å².